The standard InChI is InChI=1S/C9H14N2O3S/c1-15(13,14)6-2-3-9(12)7(4-6)8(11)5-10/h2-4,8,12H,5,10-11H2,1H3/t8-/m1/s1. The van der Waals surface area contributed by atoms with Gasteiger partial charge in [0.2, 0.25) is 0 Å². The van der Waals surface area contributed by atoms with Crippen molar-refractivity contribution in [3.05, 3.63) is 23.8 Å². The number of sulfone groups is 1. The first kappa shape index (κ1) is 12.0. The molecule has 0 aliphatic heterocycles. The summed E-state index contributed by atoms with van der Waals surface area (Å²) in [6.07, 6.45) is 1.09. The van der Waals surface area contributed by atoms with E-state index in [9.17, 15) is 13.5 Å². The van der Waals surface area contributed by atoms with Crippen molar-refractivity contribution in [2.24, 2.45) is 11.5 Å². The molecule has 0 radical (unpaired) electrons. The summed E-state index contributed by atoms with van der Waals surface area (Å²) in [5.74, 6) is -0.0413. The Hall–Kier alpha value is -1.11. The minimum Gasteiger partial charge on any atom is -0.508 e. The fraction of sp³-hybridized carbons (Fsp3) is 0.333. The SMILES string of the molecule is CS(=O)(=O)c1ccc(O)c([C@H](N)CN)c1. The highest BCUT2D eigenvalue weighted by atomic mass is 32.2. The van der Waals surface area contributed by atoms with Crippen LogP contribution in [0.3, 0.4) is 0 Å². The average Bonchev–Trinajstić information content (AvgIpc) is 2.15. The molecule has 0 fully saturated rings. The number of benzene rings is 1. The summed E-state index contributed by atoms with van der Waals surface area (Å²) in [4.78, 5) is 0.124. The van der Waals surface area contributed by atoms with Gasteiger partial charge in [0.1, 0.15) is 5.75 Å². The van der Waals surface area contributed by atoms with Gasteiger partial charge in [-0.05, 0) is 18.2 Å². The Morgan fingerprint density at radius 3 is 2.53 bits per heavy atom. The molecule has 1 rings (SSSR count). The zero-order valence-electron chi connectivity index (χ0n) is 8.34. The maximum atomic E-state index is 11.3. The van der Waals surface area contributed by atoms with E-state index < -0.39 is 15.9 Å². The van der Waals surface area contributed by atoms with Crippen LogP contribution in [0, 0.1) is 0 Å². The minimum absolute atomic E-state index is 0.0413. The van der Waals surface area contributed by atoms with Crippen molar-refractivity contribution in [2.45, 2.75) is 10.9 Å². The van der Waals surface area contributed by atoms with Crippen LogP contribution in [-0.4, -0.2) is 26.3 Å². The van der Waals surface area contributed by atoms with E-state index in [2.05, 4.69) is 0 Å². The van der Waals surface area contributed by atoms with E-state index in [-0.39, 0.29) is 17.2 Å². The van der Waals surface area contributed by atoms with Crippen LogP contribution in [0.2, 0.25) is 0 Å². The maximum absolute atomic E-state index is 11.3. The van der Waals surface area contributed by atoms with Crippen LogP contribution in [0.15, 0.2) is 23.1 Å². The van der Waals surface area contributed by atoms with Crippen molar-refractivity contribution < 1.29 is 13.5 Å². The van der Waals surface area contributed by atoms with Crippen LogP contribution >= 0.6 is 0 Å². The highest BCUT2D eigenvalue weighted by Crippen LogP contribution is 2.25. The molecule has 1 aromatic rings. The molecule has 0 bridgehead atoms. The molecule has 0 amide bonds. The number of phenols is 1. The van der Waals surface area contributed by atoms with Gasteiger partial charge in [0.25, 0.3) is 0 Å². The summed E-state index contributed by atoms with van der Waals surface area (Å²) in [7, 11) is -3.29. The summed E-state index contributed by atoms with van der Waals surface area (Å²) >= 11 is 0. The molecular formula is C9H14N2O3S. The molecule has 0 saturated heterocycles. The molecule has 84 valence electrons. The monoisotopic (exact) mass is 230 g/mol. The Bertz CT molecular complexity index is 456. The molecule has 0 aliphatic carbocycles. The second-order valence-electron chi connectivity index (χ2n) is 3.33. The van der Waals surface area contributed by atoms with Gasteiger partial charge in [-0.15, -0.1) is 0 Å². The third-order valence-corrected chi connectivity index (χ3v) is 3.19. The molecule has 0 unspecified atom stereocenters. The molecule has 0 aliphatic rings. The number of rotatable bonds is 3. The maximum Gasteiger partial charge on any atom is 0.175 e. The summed E-state index contributed by atoms with van der Waals surface area (Å²) < 4.78 is 22.5. The van der Waals surface area contributed by atoms with E-state index in [1.54, 1.807) is 0 Å². The summed E-state index contributed by atoms with van der Waals surface area (Å²) in [5.41, 5.74) is 11.3. The average molecular weight is 230 g/mol. The first-order chi connectivity index (χ1) is 6.86. The highest BCUT2D eigenvalue weighted by Gasteiger charge is 2.14. The molecule has 0 spiro atoms. The summed E-state index contributed by atoms with van der Waals surface area (Å²) in [6, 6.07) is 3.42. The van der Waals surface area contributed by atoms with E-state index in [0.717, 1.165) is 6.26 Å². The number of hydrogen-bond donors (Lipinski definition) is 3. The molecule has 1 atom stereocenters. The predicted molar refractivity (Wildman–Crippen MR) is 57.2 cm³/mol. The molecular weight excluding hydrogens is 216 g/mol. The van der Waals surface area contributed by atoms with Gasteiger partial charge in [-0.25, -0.2) is 8.42 Å². The first-order valence-electron chi connectivity index (χ1n) is 4.35. The van der Waals surface area contributed by atoms with Crippen LogP contribution in [0.5, 0.6) is 5.75 Å². The second-order valence-corrected chi connectivity index (χ2v) is 5.35. The number of phenolic OH excluding ortho intramolecular Hbond substituents is 1. The number of aromatic hydroxyl groups is 1. The van der Waals surface area contributed by atoms with Gasteiger partial charge in [0.15, 0.2) is 9.84 Å². The van der Waals surface area contributed by atoms with Gasteiger partial charge in [0.05, 0.1) is 4.90 Å². The van der Waals surface area contributed by atoms with Crippen molar-refractivity contribution >= 4 is 9.84 Å². The van der Waals surface area contributed by atoms with Gasteiger partial charge in [-0.2, -0.15) is 0 Å². The van der Waals surface area contributed by atoms with Crippen molar-refractivity contribution in [1.29, 1.82) is 0 Å². The van der Waals surface area contributed by atoms with Gasteiger partial charge < -0.3 is 16.6 Å². The summed E-state index contributed by atoms with van der Waals surface area (Å²) in [6.45, 7) is 0.140. The van der Waals surface area contributed by atoms with Crippen molar-refractivity contribution in [3.63, 3.8) is 0 Å². The van der Waals surface area contributed by atoms with Crippen LogP contribution in [0.25, 0.3) is 0 Å². The van der Waals surface area contributed by atoms with E-state index in [4.69, 9.17) is 11.5 Å². The van der Waals surface area contributed by atoms with Crippen molar-refractivity contribution in [1.82, 2.24) is 0 Å². The fourth-order valence-electron chi connectivity index (χ4n) is 1.19. The Kier molecular flexibility index (Phi) is 3.33. The Morgan fingerprint density at radius 2 is 2.07 bits per heavy atom. The normalized spacial score (nSPS) is 13.8. The van der Waals surface area contributed by atoms with Crippen molar-refractivity contribution in [3.8, 4) is 5.75 Å². The molecule has 5 nitrogen and oxygen atoms in total. The topological polar surface area (TPSA) is 106 Å². The molecule has 5 N–H and O–H groups in total. The molecule has 0 heterocycles. The molecule has 0 aromatic heterocycles. The van der Waals surface area contributed by atoms with Crippen LogP contribution < -0.4 is 11.5 Å². The third kappa shape index (κ3) is 2.68. The molecule has 15 heavy (non-hydrogen) atoms. The molecule has 1 aromatic carbocycles. The zero-order chi connectivity index (χ0) is 11.6. The Morgan fingerprint density at radius 1 is 1.47 bits per heavy atom. The first-order valence-corrected chi connectivity index (χ1v) is 6.24. The minimum atomic E-state index is -3.29. The van der Waals surface area contributed by atoms with Gasteiger partial charge in [0, 0.05) is 24.4 Å². The van der Waals surface area contributed by atoms with Gasteiger partial charge >= 0.3 is 0 Å². The van der Waals surface area contributed by atoms with Gasteiger partial charge in [-0.3, -0.25) is 0 Å². The second kappa shape index (κ2) is 4.18. The van der Waals surface area contributed by atoms with E-state index in [0.29, 0.717) is 5.56 Å². The smallest absolute Gasteiger partial charge is 0.175 e. The lowest BCUT2D eigenvalue weighted by Crippen LogP contribution is -2.21. The highest BCUT2D eigenvalue weighted by molar-refractivity contribution is 7.90. The Balaban J connectivity index is 3.29. The van der Waals surface area contributed by atoms with E-state index >= 15 is 0 Å². The quantitative estimate of drug-likeness (QED) is 0.664. The predicted octanol–water partition coefficient (Wildman–Crippen LogP) is -0.246. The molecule has 6 heteroatoms. The number of hydrogen-bond acceptors (Lipinski definition) is 5. The third-order valence-electron chi connectivity index (χ3n) is 2.08. The lowest BCUT2D eigenvalue weighted by atomic mass is 10.1. The van der Waals surface area contributed by atoms with E-state index in [1.165, 1.54) is 18.2 Å². The van der Waals surface area contributed by atoms with Crippen molar-refractivity contribution in [2.75, 3.05) is 12.8 Å². The summed E-state index contributed by atoms with van der Waals surface area (Å²) in [5, 5.41) is 9.47. The lowest BCUT2D eigenvalue weighted by molar-refractivity contribution is 0.461. The van der Waals surface area contributed by atoms with Crippen LogP contribution in [0.4, 0.5) is 0 Å². The fourth-order valence-corrected chi connectivity index (χ4v) is 1.84. The van der Waals surface area contributed by atoms with Crippen LogP contribution in [-0.2, 0) is 9.84 Å². The lowest BCUT2D eigenvalue weighted by Gasteiger charge is -2.12. The number of nitrogens with two attached hydrogens (primary N) is 2. The van der Waals surface area contributed by atoms with Crippen LogP contribution in [0.1, 0.15) is 11.6 Å². The largest absolute Gasteiger partial charge is 0.508 e. The Labute approximate surface area is 88.6 Å². The zero-order valence-corrected chi connectivity index (χ0v) is 9.16. The molecule has 0 saturated carbocycles. The van der Waals surface area contributed by atoms with E-state index in [1.807, 2.05) is 0 Å². The van der Waals surface area contributed by atoms with Gasteiger partial charge in [-0.1, -0.05) is 0 Å².